The van der Waals surface area contributed by atoms with Crippen LogP contribution >= 0.6 is 0 Å². The van der Waals surface area contributed by atoms with Crippen LogP contribution in [-0.4, -0.2) is 31.2 Å². The molecule has 1 N–H and O–H groups in total. The Morgan fingerprint density at radius 1 is 1.41 bits per heavy atom. The van der Waals surface area contributed by atoms with Crippen molar-refractivity contribution in [3.8, 4) is 0 Å². The maximum atomic E-state index is 12.7. The standard InChI is InChI=1S/C13H14F3N5O/c1-20-5-8(4-17-20)6-21-3-2-10-9(7-21)11(22)19-12(18-10)13(14,15)16/h4-5H,2-3,6-7H2,1H3,(H,18,19,22). The molecule has 0 fully saturated rings. The minimum absolute atomic E-state index is 0.235. The first kappa shape index (κ1) is 14.8. The van der Waals surface area contributed by atoms with Gasteiger partial charge in [-0.2, -0.15) is 18.3 Å². The van der Waals surface area contributed by atoms with Crippen molar-refractivity contribution in [3.05, 3.63) is 45.4 Å². The Balaban J connectivity index is 1.83. The molecule has 0 unspecified atom stereocenters. The van der Waals surface area contributed by atoms with Crippen LogP contribution in [0.25, 0.3) is 0 Å². The van der Waals surface area contributed by atoms with Crippen LogP contribution in [-0.2, 0) is 32.7 Å². The second-order valence-electron chi connectivity index (χ2n) is 5.32. The minimum atomic E-state index is -4.64. The third-order valence-corrected chi connectivity index (χ3v) is 3.58. The number of aromatic nitrogens is 4. The Bertz CT molecular complexity index is 749. The summed E-state index contributed by atoms with van der Waals surface area (Å²) >= 11 is 0. The second kappa shape index (κ2) is 5.24. The maximum absolute atomic E-state index is 12.7. The lowest BCUT2D eigenvalue weighted by Crippen LogP contribution is -2.36. The fourth-order valence-electron chi connectivity index (χ4n) is 2.56. The van der Waals surface area contributed by atoms with Crippen molar-refractivity contribution >= 4 is 0 Å². The van der Waals surface area contributed by atoms with Crippen molar-refractivity contribution in [2.24, 2.45) is 7.05 Å². The molecule has 9 heteroatoms. The Hall–Kier alpha value is -2.16. The number of aryl methyl sites for hydroxylation is 1. The highest BCUT2D eigenvalue weighted by atomic mass is 19.4. The maximum Gasteiger partial charge on any atom is 0.449 e. The van der Waals surface area contributed by atoms with Crippen molar-refractivity contribution in [2.45, 2.75) is 25.7 Å². The van der Waals surface area contributed by atoms with Gasteiger partial charge in [0.25, 0.3) is 5.56 Å². The highest BCUT2D eigenvalue weighted by molar-refractivity contribution is 5.22. The van der Waals surface area contributed by atoms with Crippen LogP contribution in [0.3, 0.4) is 0 Å². The van der Waals surface area contributed by atoms with Gasteiger partial charge in [-0.15, -0.1) is 0 Å². The molecule has 0 saturated heterocycles. The molecule has 0 bridgehead atoms. The van der Waals surface area contributed by atoms with Gasteiger partial charge < -0.3 is 4.98 Å². The number of fused-ring (bicyclic) bond motifs is 1. The molecule has 0 atom stereocenters. The zero-order chi connectivity index (χ0) is 15.9. The van der Waals surface area contributed by atoms with E-state index in [0.717, 1.165) is 5.56 Å². The van der Waals surface area contributed by atoms with Gasteiger partial charge in [0.05, 0.1) is 17.5 Å². The molecule has 1 aliphatic rings. The summed E-state index contributed by atoms with van der Waals surface area (Å²) < 4.78 is 39.6. The first-order valence-electron chi connectivity index (χ1n) is 6.72. The smallest absolute Gasteiger partial charge is 0.303 e. The monoisotopic (exact) mass is 313 g/mol. The number of nitrogens with zero attached hydrogens (tertiary/aromatic N) is 4. The molecule has 118 valence electrons. The minimum Gasteiger partial charge on any atom is -0.303 e. The summed E-state index contributed by atoms with van der Waals surface area (Å²) in [6.07, 6.45) is -0.723. The van der Waals surface area contributed by atoms with Gasteiger partial charge in [0.2, 0.25) is 5.82 Å². The molecular weight excluding hydrogens is 299 g/mol. The summed E-state index contributed by atoms with van der Waals surface area (Å²) in [5.41, 5.74) is 0.817. The topological polar surface area (TPSA) is 66.8 Å². The summed E-state index contributed by atoms with van der Waals surface area (Å²) in [5.74, 6) is -1.23. The van der Waals surface area contributed by atoms with Crippen LogP contribution in [0.5, 0.6) is 0 Å². The molecule has 0 amide bonds. The van der Waals surface area contributed by atoms with E-state index in [0.29, 0.717) is 25.1 Å². The molecule has 0 saturated carbocycles. The molecule has 3 rings (SSSR count). The van der Waals surface area contributed by atoms with Crippen molar-refractivity contribution in [1.29, 1.82) is 0 Å². The first-order chi connectivity index (χ1) is 10.3. The van der Waals surface area contributed by atoms with E-state index in [1.54, 1.807) is 10.9 Å². The number of nitrogens with one attached hydrogen (secondary N) is 1. The van der Waals surface area contributed by atoms with Gasteiger partial charge in [0.1, 0.15) is 0 Å². The van der Waals surface area contributed by atoms with Gasteiger partial charge in [-0.1, -0.05) is 0 Å². The molecule has 0 aromatic carbocycles. The number of alkyl halides is 3. The van der Waals surface area contributed by atoms with E-state index in [2.05, 4.69) is 10.1 Å². The molecule has 0 spiro atoms. The highest BCUT2D eigenvalue weighted by Gasteiger charge is 2.35. The lowest BCUT2D eigenvalue weighted by atomic mass is 10.1. The number of halogens is 3. The Labute approximate surface area is 123 Å². The molecule has 2 aromatic heterocycles. The summed E-state index contributed by atoms with van der Waals surface area (Å²) in [6.45, 7) is 1.42. The summed E-state index contributed by atoms with van der Waals surface area (Å²) in [6, 6.07) is 0. The first-order valence-corrected chi connectivity index (χ1v) is 6.72. The van der Waals surface area contributed by atoms with E-state index in [9.17, 15) is 18.0 Å². The van der Waals surface area contributed by atoms with Gasteiger partial charge in [-0.05, 0) is 0 Å². The van der Waals surface area contributed by atoms with Crippen LogP contribution < -0.4 is 5.56 Å². The highest BCUT2D eigenvalue weighted by Crippen LogP contribution is 2.26. The van der Waals surface area contributed by atoms with Crippen LogP contribution in [0, 0.1) is 0 Å². The SMILES string of the molecule is Cn1cc(CN2CCc3nc(C(F)(F)F)[nH]c(=O)c3C2)cn1. The number of aromatic amines is 1. The van der Waals surface area contributed by atoms with Gasteiger partial charge in [0, 0.05) is 44.9 Å². The van der Waals surface area contributed by atoms with E-state index >= 15 is 0 Å². The largest absolute Gasteiger partial charge is 0.449 e. The fourth-order valence-corrected chi connectivity index (χ4v) is 2.56. The molecule has 2 aromatic rings. The van der Waals surface area contributed by atoms with Crippen molar-refractivity contribution in [1.82, 2.24) is 24.6 Å². The van der Waals surface area contributed by atoms with Gasteiger partial charge in [0.15, 0.2) is 0 Å². The third-order valence-electron chi connectivity index (χ3n) is 3.58. The second-order valence-corrected chi connectivity index (χ2v) is 5.32. The predicted octanol–water partition coefficient (Wildman–Crippen LogP) is 1.08. The molecule has 1 aliphatic heterocycles. The van der Waals surface area contributed by atoms with Gasteiger partial charge in [-0.3, -0.25) is 14.4 Å². The molecule has 3 heterocycles. The average molecular weight is 313 g/mol. The van der Waals surface area contributed by atoms with Crippen LogP contribution in [0.2, 0.25) is 0 Å². The van der Waals surface area contributed by atoms with E-state index in [1.165, 1.54) is 0 Å². The van der Waals surface area contributed by atoms with E-state index in [-0.39, 0.29) is 12.2 Å². The molecule has 0 radical (unpaired) electrons. The zero-order valence-electron chi connectivity index (χ0n) is 11.8. The number of rotatable bonds is 2. The lowest BCUT2D eigenvalue weighted by Gasteiger charge is -2.27. The van der Waals surface area contributed by atoms with Crippen molar-refractivity contribution in [3.63, 3.8) is 0 Å². The molecule has 6 nitrogen and oxygen atoms in total. The van der Waals surface area contributed by atoms with Crippen molar-refractivity contribution in [2.75, 3.05) is 6.54 Å². The summed E-state index contributed by atoms with van der Waals surface area (Å²) in [7, 11) is 1.81. The van der Waals surface area contributed by atoms with Gasteiger partial charge >= 0.3 is 6.18 Å². The van der Waals surface area contributed by atoms with Crippen LogP contribution in [0.4, 0.5) is 13.2 Å². The molecule has 22 heavy (non-hydrogen) atoms. The average Bonchev–Trinajstić information content (AvgIpc) is 2.83. The van der Waals surface area contributed by atoms with Crippen molar-refractivity contribution < 1.29 is 13.2 Å². The zero-order valence-corrected chi connectivity index (χ0v) is 11.8. The normalized spacial score (nSPS) is 15.8. The number of hydrogen-bond acceptors (Lipinski definition) is 4. The summed E-state index contributed by atoms with van der Waals surface area (Å²) in [4.78, 5) is 19.3. The van der Waals surface area contributed by atoms with E-state index < -0.39 is 17.6 Å². The summed E-state index contributed by atoms with van der Waals surface area (Å²) in [5, 5.41) is 4.07. The molecular formula is C13H14F3N5O. The number of hydrogen-bond donors (Lipinski definition) is 1. The van der Waals surface area contributed by atoms with Crippen LogP contribution in [0.1, 0.15) is 22.6 Å². The Kier molecular flexibility index (Phi) is 3.51. The van der Waals surface area contributed by atoms with E-state index in [4.69, 9.17) is 0 Å². The predicted molar refractivity (Wildman–Crippen MR) is 70.9 cm³/mol. The third kappa shape index (κ3) is 2.89. The Morgan fingerprint density at radius 3 is 2.82 bits per heavy atom. The van der Waals surface area contributed by atoms with Crippen LogP contribution in [0.15, 0.2) is 17.2 Å². The quantitative estimate of drug-likeness (QED) is 0.901. The number of H-pyrrole nitrogens is 1. The van der Waals surface area contributed by atoms with E-state index in [1.807, 2.05) is 23.1 Å². The van der Waals surface area contributed by atoms with Gasteiger partial charge in [-0.25, -0.2) is 4.98 Å². The lowest BCUT2D eigenvalue weighted by molar-refractivity contribution is -0.145. The molecule has 0 aliphatic carbocycles. The Morgan fingerprint density at radius 2 is 2.18 bits per heavy atom. The fraction of sp³-hybridized carbons (Fsp3) is 0.462.